The highest BCUT2D eigenvalue weighted by atomic mass is 19.1. The number of hydrogen-bond acceptors (Lipinski definition) is 4. The monoisotopic (exact) mass is 380 g/mol. The molecule has 28 heavy (non-hydrogen) atoms. The van der Waals surface area contributed by atoms with Crippen molar-refractivity contribution in [2.75, 3.05) is 0 Å². The maximum Gasteiger partial charge on any atom is 0.325 e. The van der Waals surface area contributed by atoms with E-state index in [9.17, 15) is 24.2 Å². The molecule has 2 N–H and O–H groups in total. The highest BCUT2D eigenvalue weighted by Crippen LogP contribution is 2.30. The molecule has 0 fully saturated rings. The number of carboxylic acid groups (broad SMARTS) is 1. The van der Waals surface area contributed by atoms with Crippen LogP contribution in [0, 0.1) is 5.82 Å². The fraction of sp³-hybridized carbons (Fsp3) is 0.0909. The Balaban J connectivity index is 1.97. The van der Waals surface area contributed by atoms with Gasteiger partial charge in [-0.05, 0) is 17.2 Å². The summed E-state index contributed by atoms with van der Waals surface area (Å²) < 4.78 is 19.7. The zero-order chi connectivity index (χ0) is 20.1. The van der Waals surface area contributed by atoms with Gasteiger partial charge in [-0.2, -0.15) is 0 Å². The smallest absolute Gasteiger partial charge is 0.325 e. The Labute approximate surface area is 160 Å². The lowest BCUT2D eigenvalue weighted by atomic mass is 9.97. The van der Waals surface area contributed by atoms with Gasteiger partial charge in [0.1, 0.15) is 11.6 Å². The van der Waals surface area contributed by atoms with Crippen molar-refractivity contribution in [3.63, 3.8) is 0 Å². The van der Waals surface area contributed by atoms with E-state index in [1.807, 2.05) is 0 Å². The molecule has 142 valence electrons. The van der Waals surface area contributed by atoms with Gasteiger partial charge in [0.05, 0.1) is 0 Å². The summed E-state index contributed by atoms with van der Waals surface area (Å²) in [7, 11) is 0. The molecule has 0 radical (unpaired) electrons. The average molecular weight is 380 g/mol. The molecule has 0 spiro atoms. The minimum atomic E-state index is -1.87. The molecule has 0 aliphatic heterocycles. The van der Waals surface area contributed by atoms with E-state index in [4.69, 9.17) is 4.74 Å². The standard InChI is InChI=1S/C22H17FO5/c23-18-13-16(24)11-12-17(18)19(21(25)26)22(27)28-20(14-7-3-1-4-8-14)15-9-5-2-6-10-15/h1-13,19-20,24H,(H,25,26). The molecule has 3 rings (SSSR count). The van der Waals surface area contributed by atoms with E-state index in [0.29, 0.717) is 11.1 Å². The van der Waals surface area contributed by atoms with Crippen molar-refractivity contribution in [1.82, 2.24) is 0 Å². The Morgan fingerprint density at radius 2 is 1.39 bits per heavy atom. The summed E-state index contributed by atoms with van der Waals surface area (Å²) in [5.74, 6) is -5.88. The lowest BCUT2D eigenvalue weighted by Gasteiger charge is -2.21. The fourth-order valence-corrected chi connectivity index (χ4v) is 2.88. The summed E-state index contributed by atoms with van der Waals surface area (Å²) in [5, 5.41) is 18.9. The largest absolute Gasteiger partial charge is 0.508 e. The second-order valence-electron chi connectivity index (χ2n) is 6.12. The summed E-state index contributed by atoms with van der Waals surface area (Å²) in [6.45, 7) is 0. The van der Waals surface area contributed by atoms with Crippen LogP contribution in [0.1, 0.15) is 28.7 Å². The van der Waals surface area contributed by atoms with Gasteiger partial charge in [-0.15, -0.1) is 0 Å². The maximum absolute atomic E-state index is 14.2. The van der Waals surface area contributed by atoms with E-state index in [-0.39, 0.29) is 11.3 Å². The van der Waals surface area contributed by atoms with Crippen LogP contribution in [-0.2, 0) is 14.3 Å². The fourth-order valence-electron chi connectivity index (χ4n) is 2.88. The molecule has 6 heteroatoms. The van der Waals surface area contributed by atoms with Gasteiger partial charge < -0.3 is 14.9 Å². The molecular formula is C22H17FO5. The van der Waals surface area contributed by atoms with Crippen molar-refractivity contribution >= 4 is 11.9 Å². The first-order valence-electron chi connectivity index (χ1n) is 8.49. The van der Waals surface area contributed by atoms with E-state index in [2.05, 4.69) is 0 Å². The average Bonchev–Trinajstić information content (AvgIpc) is 2.69. The van der Waals surface area contributed by atoms with Crippen LogP contribution in [0.5, 0.6) is 5.75 Å². The summed E-state index contributed by atoms with van der Waals surface area (Å²) in [6, 6.07) is 20.6. The number of aliphatic carboxylic acids is 1. The normalized spacial score (nSPS) is 11.8. The Morgan fingerprint density at radius 3 is 1.86 bits per heavy atom. The summed E-state index contributed by atoms with van der Waals surface area (Å²) in [4.78, 5) is 24.5. The van der Waals surface area contributed by atoms with Gasteiger partial charge in [-0.3, -0.25) is 9.59 Å². The predicted molar refractivity (Wildman–Crippen MR) is 99.3 cm³/mol. The molecule has 1 unspecified atom stereocenters. The molecule has 0 aliphatic rings. The molecular weight excluding hydrogens is 363 g/mol. The van der Waals surface area contributed by atoms with Crippen molar-refractivity contribution in [1.29, 1.82) is 0 Å². The minimum absolute atomic E-state index is 0.370. The molecule has 0 amide bonds. The third-order valence-electron chi connectivity index (χ3n) is 4.22. The van der Waals surface area contributed by atoms with Gasteiger partial charge in [0.2, 0.25) is 0 Å². The first kappa shape index (κ1) is 19.1. The Bertz CT molecular complexity index is 933. The quantitative estimate of drug-likeness (QED) is 0.498. The highest BCUT2D eigenvalue weighted by molar-refractivity contribution is 6.00. The van der Waals surface area contributed by atoms with E-state index >= 15 is 0 Å². The number of phenolic OH excluding ortho intramolecular Hbond substituents is 1. The maximum atomic E-state index is 14.2. The van der Waals surface area contributed by atoms with Crippen LogP contribution >= 0.6 is 0 Å². The van der Waals surface area contributed by atoms with Gasteiger partial charge >= 0.3 is 11.9 Å². The topological polar surface area (TPSA) is 83.8 Å². The lowest BCUT2D eigenvalue weighted by molar-refractivity contribution is -0.157. The van der Waals surface area contributed by atoms with E-state index < -0.39 is 29.8 Å². The number of rotatable bonds is 6. The van der Waals surface area contributed by atoms with Crippen molar-refractivity contribution < 1.29 is 28.9 Å². The molecule has 0 saturated heterocycles. The van der Waals surface area contributed by atoms with Crippen LogP contribution < -0.4 is 0 Å². The number of hydrogen-bond donors (Lipinski definition) is 2. The van der Waals surface area contributed by atoms with Gasteiger partial charge in [-0.25, -0.2) is 4.39 Å². The Hall–Kier alpha value is -3.67. The first-order chi connectivity index (χ1) is 13.5. The van der Waals surface area contributed by atoms with Crippen LogP contribution in [0.2, 0.25) is 0 Å². The number of carboxylic acids is 1. The van der Waals surface area contributed by atoms with Crippen LogP contribution in [0.15, 0.2) is 78.9 Å². The molecule has 0 aromatic heterocycles. The number of carbonyl (C=O) groups excluding carboxylic acids is 1. The summed E-state index contributed by atoms with van der Waals surface area (Å²) in [5.41, 5.74) is 0.921. The molecule has 0 aliphatic carbocycles. The third kappa shape index (κ3) is 4.17. The number of halogens is 1. The molecule has 3 aromatic carbocycles. The van der Waals surface area contributed by atoms with Crippen molar-refractivity contribution in [2.45, 2.75) is 12.0 Å². The van der Waals surface area contributed by atoms with Gasteiger partial charge in [0.25, 0.3) is 0 Å². The van der Waals surface area contributed by atoms with Crippen LogP contribution in [0.4, 0.5) is 4.39 Å². The SMILES string of the molecule is O=C(O)C(C(=O)OC(c1ccccc1)c1ccccc1)c1ccc(O)cc1F. The van der Waals surface area contributed by atoms with E-state index in [0.717, 1.165) is 18.2 Å². The number of carbonyl (C=O) groups is 2. The lowest BCUT2D eigenvalue weighted by Crippen LogP contribution is -2.26. The molecule has 5 nitrogen and oxygen atoms in total. The van der Waals surface area contributed by atoms with Crippen molar-refractivity contribution in [3.8, 4) is 5.75 Å². The zero-order valence-corrected chi connectivity index (χ0v) is 14.7. The van der Waals surface area contributed by atoms with E-state index in [1.165, 1.54) is 0 Å². The second kappa shape index (κ2) is 8.35. The number of aromatic hydroxyl groups is 1. The van der Waals surface area contributed by atoms with Gasteiger partial charge in [-0.1, -0.05) is 66.7 Å². The highest BCUT2D eigenvalue weighted by Gasteiger charge is 2.34. The molecule has 3 aromatic rings. The molecule has 0 bridgehead atoms. The predicted octanol–water partition coefficient (Wildman–Crippen LogP) is 4.03. The Kier molecular flexibility index (Phi) is 5.69. The van der Waals surface area contributed by atoms with Crippen molar-refractivity contribution in [2.24, 2.45) is 0 Å². The van der Waals surface area contributed by atoms with E-state index in [1.54, 1.807) is 60.7 Å². The van der Waals surface area contributed by atoms with Gasteiger partial charge in [0, 0.05) is 11.6 Å². The molecule has 0 saturated carbocycles. The Morgan fingerprint density at radius 1 is 0.857 bits per heavy atom. The number of esters is 1. The van der Waals surface area contributed by atoms with Gasteiger partial charge in [0.15, 0.2) is 12.0 Å². The van der Waals surface area contributed by atoms with Crippen LogP contribution in [0.3, 0.4) is 0 Å². The summed E-state index contributed by atoms with van der Waals surface area (Å²) >= 11 is 0. The van der Waals surface area contributed by atoms with Crippen LogP contribution in [-0.4, -0.2) is 22.2 Å². The second-order valence-corrected chi connectivity index (χ2v) is 6.12. The summed E-state index contributed by atoms with van der Waals surface area (Å²) in [6.07, 6.45) is -0.850. The number of ether oxygens (including phenoxy) is 1. The van der Waals surface area contributed by atoms with Crippen molar-refractivity contribution in [3.05, 3.63) is 101 Å². The molecule has 0 heterocycles. The first-order valence-corrected chi connectivity index (χ1v) is 8.49. The minimum Gasteiger partial charge on any atom is -0.508 e. The third-order valence-corrected chi connectivity index (χ3v) is 4.22. The molecule has 1 atom stereocenters. The number of benzene rings is 3. The number of phenols is 1. The van der Waals surface area contributed by atoms with Crippen LogP contribution in [0.25, 0.3) is 0 Å². The zero-order valence-electron chi connectivity index (χ0n) is 14.7.